The molecule has 1 unspecified atom stereocenters. The van der Waals surface area contributed by atoms with E-state index in [4.69, 9.17) is 4.74 Å². The van der Waals surface area contributed by atoms with E-state index < -0.39 is 18.0 Å². The van der Waals surface area contributed by atoms with Gasteiger partial charge in [-0.3, -0.25) is 0 Å². The number of hydrogen-bond acceptors (Lipinski definition) is 4. The smallest absolute Gasteiger partial charge is 0.416 e. The third-order valence-electron chi connectivity index (χ3n) is 3.65. The highest BCUT2D eigenvalue weighted by molar-refractivity contribution is 5.29. The average molecular weight is 357 g/mol. The van der Waals surface area contributed by atoms with Gasteiger partial charge in [-0.25, -0.2) is 4.98 Å². The molecule has 25 heavy (non-hydrogen) atoms. The van der Waals surface area contributed by atoms with Crippen LogP contribution in [0.15, 0.2) is 30.5 Å². The van der Waals surface area contributed by atoms with Crippen LogP contribution in [0.4, 0.5) is 13.2 Å². The third kappa shape index (κ3) is 5.47. The van der Waals surface area contributed by atoms with Crippen LogP contribution >= 0.6 is 0 Å². The molecule has 1 aromatic heterocycles. The molecule has 0 spiro atoms. The van der Waals surface area contributed by atoms with Gasteiger partial charge in [0.1, 0.15) is 5.75 Å². The van der Waals surface area contributed by atoms with E-state index in [1.165, 1.54) is 12.1 Å². The zero-order valence-electron chi connectivity index (χ0n) is 14.4. The fourth-order valence-corrected chi connectivity index (χ4v) is 2.37. The molecule has 2 rings (SSSR count). The lowest BCUT2D eigenvalue weighted by Crippen LogP contribution is -2.13. The van der Waals surface area contributed by atoms with E-state index in [1.807, 2.05) is 20.3 Å². The summed E-state index contributed by atoms with van der Waals surface area (Å²) in [7, 11) is 5.72. The molecular formula is C17H22F3N3O2. The molecule has 5 nitrogen and oxygen atoms in total. The highest BCUT2D eigenvalue weighted by atomic mass is 19.4. The maximum atomic E-state index is 12.5. The number of nitrogens with zero attached hydrogens (tertiary/aromatic N) is 3. The number of aryl methyl sites for hydroxylation is 2. The number of benzene rings is 1. The normalized spacial score (nSPS) is 13.3. The van der Waals surface area contributed by atoms with E-state index in [-0.39, 0.29) is 5.75 Å². The van der Waals surface area contributed by atoms with Crippen LogP contribution in [0.3, 0.4) is 0 Å². The SMILES string of the molecule is CN(C)CCCc1cn(C)c(C(O)Oc2ccc(C(F)(F)F)cc2)n1. The van der Waals surface area contributed by atoms with Crippen molar-refractivity contribution in [3.8, 4) is 5.75 Å². The summed E-state index contributed by atoms with van der Waals surface area (Å²) < 4.78 is 44.6. The fourth-order valence-electron chi connectivity index (χ4n) is 2.37. The summed E-state index contributed by atoms with van der Waals surface area (Å²) in [6, 6.07) is 4.17. The Morgan fingerprint density at radius 2 is 1.88 bits per heavy atom. The minimum Gasteiger partial charge on any atom is -0.457 e. The van der Waals surface area contributed by atoms with Gasteiger partial charge in [-0.2, -0.15) is 13.2 Å². The molecule has 1 heterocycles. The van der Waals surface area contributed by atoms with Crippen LogP contribution in [0.25, 0.3) is 0 Å². The lowest BCUT2D eigenvalue weighted by Gasteiger charge is -2.14. The number of aliphatic hydroxyl groups is 1. The Hall–Kier alpha value is -2.06. The molecule has 0 aliphatic rings. The molecule has 0 aliphatic carbocycles. The van der Waals surface area contributed by atoms with Gasteiger partial charge in [0.05, 0.1) is 11.3 Å². The molecule has 0 saturated heterocycles. The van der Waals surface area contributed by atoms with Crippen LogP contribution in [-0.4, -0.2) is 40.2 Å². The van der Waals surface area contributed by atoms with Gasteiger partial charge in [-0.05, 0) is 57.7 Å². The summed E-state index contributed by atoms with van der Waals surface area (Å²) >= 11 is 0. The zero-order chi connectivity index (χ0) is 18.6. The fraction of sp³-hybridized carbons (Fsp3) is 0.471. The largest absolute Gasteiger partial charge is 0.457 e. The maximum absolute atomic E-state index is 12.5. The molecule has 138 valence electrons. The minimum atomic E-state index is -4.40. The number of hydrogen-bond donors (Lipinski definition) is 1. The van der Waals surface area contributed by atoms with Crippen molar-refractivity contribution in [2.75, 3.05) is 20.6 Å². The van der Waals surface area contributed by atoms with Crippen LogP contribution < -0.4 is 4.74 Å². The van der Waals surface area contributed by atoms with Crippen molar-refractivity contribution in [2.45, 2.75) is 25.3 Å². The summed E-state index contributed by atoms with van der Waals surface area (Å²) in [5, 5.41) is 10.2. The van der Waals surface area contributed by atoms with Crippen molar-refractivity contribution in [1.29, 1.82) is 0 Å². The second kappa shape index (κ2) is 7.88. The van der Waals surface area contributed by atoms with Crippen molar-refractivity contribution in [2.24, 2.45) is 7.05 Å². The first kappa shape index (κ1) is 19.3. The Morgan fingerprint density at radius 3 is 2.44 bits per heavy atom. The molecule has 2 aromatic rings. The molecule has 1 N–H and O–H groups in total. The number of ether oxygens (including phenoxy) is 1. The van der Waals surface area contributed by atoms with Gasteiger partial charge in [0.25, 0.3) is 6.29 Å². The number of rotatable bonds is 7. The first-order valence-electron chi connectivity index (χ1n) is 7.85. The van der Waals surface area contributed by atoms with Gasteiger partial charge in [-0.1, -0.05) is 0 Å². The lowest BCUT2D eigenvalue weighted by atomic mass is 10.2. The molecule has 0 bridgehead atoms. The molecule has 8 heteroatoms. The number of imidazole rings is 1. The molecule has 0 saturated carbocycles. The zero-order valence-corrected chi connectivity index (χ0v) is 14.4. The Morgan fingerprint density at radius 1 is 1.24 bits per heavy atom. The Labute approximate surface area is 144 Å². The van der Waals surface area contributed by atoms with E-state index in [0.717, 1.165) is 37.2 Å². The molecule has 0 radical (unpaired) electrons. The number of aliphatic hydroxyl groups excluding tert-OH is 1. The lowest BCUT2D eigenvalue weighted by molar-refractivity contribution is -0.137. The van der Waals surface area contributed by atoms with Gasteiger partial charge in [0.15, 0.2) is 5.82 Å². The monoisotopic (exact) mass is 357 g/mol. The predicted octanol–water partition coefficient (Wildman–Crippen LogP) is 3.00. The second-order valence-electron chi connectivity index (χ2n) is 6.10. The Kier molecular flexibility index (Phi) is 6.07. The highest BCUT2D eigenvalue weighted by Crippen LogP contribution is 2.31. The maximum Gasteiger partial charge on any atom is 0.416 e. The number of alkyl halides is 3. The van der Waals surface area contributed by atoms with Crippen molar-refractivity contribution >= 4 is 0 Å². The van der Waals surface area contributed by atoms with E-state index in [9.17, 15) is 18.3 Å². The third-order valence-corrected chi connectivity index (χ3v) is 3.65. The number of aromatic nitrogens is 2. The molecular weight excluding hydrogens is 335 g/mol. The van der Waals surface area contributed by atoms with Gasteiger partial charge in [0.2, 0.25) is 0 Å². The second-order valence-corrected chi connectivity index (χ2v) is 6.10. The van der Waals surface area contributed by atoms with Gasteiger partial charge in [0, 0.05) is 13.2 Å². The van der Waals surface area contributed by atoms with E-state index in [0.29, 0.717) is 5.82 Å². The van der Waals surface area contributed by atoms with Crippen molar-refractivity contribution in [3.05, 3.63) is 47.5 Å². The molecule has 1 atom stereocenters. The van der Waals surface area contributed by atoms with Crippen molar-refractivity contribution < 1.29 is 23.0 Å². The van der Waals surface area contributed by atoms with E-state index in [1.54, 1.807) is 11.6 Å². The Bertz CT molecular complexity index is 681. The molecule has 0 amide bonds. The summed E-state index contributed by atoms with van der Waals surface area (Å²) in [6.07, 6.45) is -2.26. The predicted molar refractivity (Wildman–Crippen MR) is 87.1 cm³/mol. The summed E-state index contributed by atoms with van der Waals surface area (Å²) in [5.74, 6) is 0.442. The first-order chi connectivity index (χ1) is 11.7. The van der Waals surface area contributed by atoms with Crippen molar-refractivity contribution in [1.82, 2.24) is 14.5 Å². The van der Waals surface area contributed by atoms with E-state index in [2.05, 4.69) is 9.88 Å². The van der Waals surface area contributed by atoms with Crippen molar-refractivity contribution in [3.63, 3.8) is 0 Å². The highest BCUT2D eigenvalue weighted by Gasteiger charge is 2.30. The van der Waals surface area contributed by atoms with E-state index >= 15 is 0 Å². The summed E-state index contributed by atoms with van der Waals surface area (Å²) in [5.41, 5.74) is 0.0592. The quantitative estimate of drug-likeness (QED) is 0.774. The molecule has 0 aliphatic heterocycles. The molecule has 1 aromatic carbocycles. The standard InChI is InChI=1S/C17H22F3N3O2/c1-22(2)10-4-5-13-11-23(3)15(21-13)16(24)25-14-8-6-12(7-9-14)17(18,19)20/h6-9,11,16,24H,4-5,10H2,1-3H3. The van der Waals surface area contributed by atoms with Crippen LogP contribution in [0.1, 0.15) is 29.8 Å². The minimum absolute atomic E-state index is 0.137. The van der Waals surface area contributed by atoms with Gasteiger partial charge in [-0.15, -0.1) is 0 Å². The van der Waals surface area contributed by atoms with Gasteiger partial charge >= 0.3 is 6.18 Å². The van der Waals surface area contributed by atoms with Gasteiger partial charge < -0.3 is 19.3 Å². The first-order valence-corrected chi connectivity index (χ1v) is 7.85. The number of halogens is 3. The van der Waals surface area contributed by atoms with Crippen LogP contribution in [0.5, 0.6) is 5.75 Å². The van der Waals surface area contributed by atoms with Crippen LogP contribution in [0.2, 0.25) is 0 Å². The Balaban J connectivity index is 2.00. The average Bonchev–Trinajstić information content (AvgIpc) is 2.87. The summed E-state index contributed by atoms with van der Waals surface area (Å²) in [4.78, 5) is 6.42. The van der Waals surface area contributed by atoms with Crippen LogP contribution in [0, 0.1) is 0 Å². The molecule has 0 fully saturated rings. The van der Waals surface area contributed by atoms with Crippen LogP contribution in [-0.2, 0) is 19.6 Å². The summed E-state index contributed by atoms with van der Waals surface area (Å²) in [6.45, 7) is 0.927. The topological polar surface area (TPSA) is 50.5 Å².